The van der Waals surface area contributed by atoms with E-state index in [-0.39, 0.29) is 25.6 Å². The van der Waals surface area contributed by atoms with E-state index in [1.807, 2.05) is 0 Å². The standard InChI is InChI=1S/C61H110O14/c1-3-5-7-9-11-13-15-17-19-21-23-24-25-27-29-31-33-35-37-39-41-43-45-70-47-50(73-53(63)44-42-40-38-36-34-32-30-28-26-22-20-18-16-14-12-10-8-6-4-2)48-71-60-59(69)57(67)55(65)52(75-60)49-72-61-58(68)56(66)54(64)51(46-62)74-61/h12,14,18,20-21,23,26,28,50-52,54-62,64-69H,3-11,13,15-17,19,22,24-25,27,29-49H2,1-2H3/b14-12-,20-18-,23-21-,28-26-. The number of rotatable bonds is 49. The van der Waals surface area contributed by atoms with E-state index in [0.717, 1.165) is 70.6 Å². The van der Waals surface area contributed by atoms with Crippen molar-refractivity contribution < 1.29 is 69.0 Å². The van der Waals surface area contributed by atoms with Crippen molar-refractivity contribution in [1.29, 1.82) is 0 Å². The Morgan fingerprint density at radius 2 is 0.827 bits per heavy atom. The van der Waals surface area contributed by atoms with Crippen LogP contribution in [0.15, 0.2) is 48.6 Å². The van der Waals surface area contributed by atoms with Gasteiger partial charge in [0.15, 0.2) is 12.6 Å². The van der Waals surface area contributed by atoms with Gasteiger partial charge in [-0.05, 0) is 77.0 Å². The van der Waals surface area contributed by atoms with Gasteiger partial charge in [0.05, 0.1) is 26.4 Å². The molecule has 0 aliphatic carbocycles. The van der Waals surface area contributed by atoms with Gasteiger partial charge in [0, 0.05) is 13.0 Å². The lowest BCUT2D eigenvalue weighted by Gasteiger charge is -2.42. The molecule has 0 aromatic carbocycles. The highest BCUT2D eigenvalue weighted by Gasteiger charge is 2.47. The summed E-state index contributed by atoms with van der Waals surface area (Å²) in [5.41, 5.74) is 0. The van der Waals surface area contributed by atoms with E-state index in [1.54, 1.807) is 0 Å². The summed E-state index contributed by atoms with van der Waals surface area (Å²) in [6, 6.07) is 0. The molecule has 75 heavy (non-hydrogen) atoms. The van der Waals surface area contributed by atoms with Crippen LogP contribution in [0.3, 0.4) is 0 Å². The lowest BCUT2D eigenvalue weighted by molar-refractivity contribution is -0.332. The Kier molecular flexibility index (Phi) is 44.1. The number of ether oxygens (including phenoxy) is 6. The molecule has 2 fully saturated rings. The Bertz CT molecular complexity index is 1420. The Morgan fingerprint density at radius 3 is 1.33 bits per heavy atom. The second-order valence-corrected chi connectivity index (χ2v) is 21.2. The summed E-state index contributed by atoms with van der Waals surface area (Å²) in [5, 5.41) is 72.4. The van der Waals surface area contributed by atoms with E-state index in [4.69, 9.17) is 28.4 Å². The number of unbranched alkanes of at least 4 members (excludes halogenated alkanes) is 27. The third-order valence-corrected chi connectivity index (χ3v) is 14.3. The van der Waals surface area contributed by atoms with E-state index in [2.05, 4.69) is 62.5 Å². The van der Waals surface area contributed by atoms with Crippen LogP contribution in [-0.2, 0) is 33.2 Å². The van der Waals surface area contributed by atoms with Crippen LogP contribution in [-0.4, -0.2) is 142 Å². The minimum absolute atomic E-state index is 0.0553. The van der Waals surface area contributed by atoms with Gasteiger partial charge in [-0.25, -0.2) is 0 Å². The van der Waals surface area contributed by atoms with Crippen LogP contribution in [0, 0.1) is 0 Å². The molecule has 0 aromatic rings. The molecule has 0 amide bonds. The van der Waals surface area contributed by atoms with Gasteiger partial charge >= 0.3 is 5.97 Å². The Hall–Kier alpha value is -2.05. The van der Waals surface area contributed by atoms with Crippen molar-refractivity contribution in [3.63, 3.8) is 0 Å². The maximum atomic E-state index is 13.1. The van der Waals surface area contributed by atoms with E-state index < -0.39 is 80.7 Å². The molecular formula is C61H110O14. The zero-order valence-electron chi connectivity index (χ0n) is 47.0. The van der Waals surface area contributed by atoms with Crippen molar-refractivity contribution in [1.82, 2.24) is 0 Å². The van der Waals surface area contributed by atoms with Crippen molar-refractivity contribution in [2.24, 2.45) is 0 Å². The van der Waals surface area contributed by atoms with Crippen molar-refractivity contribution in [3.8, 4) is 0 Å². The molecule has 2 aliphatic rings. The molecule has 0 bridgehead atoms. The first-order chi connectivity index (χ1) is 36.6. The summed E-state index contributed by atoms with van der Waals surface area (Å²) in [6.07, 6.45) is 41.7. The van der Waals surface area contributed by atoms with Crippen LogP contribution in [0.25, 0.3) is 0 Å². The molecule has 11 atom stereocenters. The Morgan fingerprint density at radius 1 is 0.440 bits per heavy atom. The van der Waals surface area contributed by atoms with Crippen LogP contribution in [0.4, 0.5) is 0 Å². The summed E-state index contributed by atoms with van der Waals surface area (Å²) in [6.45, 7) is 3.67. The van der Waals surface area contributed by atoms with E-state index in [9.17, 15) is 40.5 Å². The molecule has 2 heterocycles. The smallest absolute Gasteiger partial charge is 0.306 e. The predicted molar refractivity (Wildman–Crippen MR) is 298 cm³/mol. The average Bonchev–Trinajstić information content (AvgIpc) is 3.41. The maximum absolute atomic E-state index is 13.1. The first kappa shape index (κ1) is 69.1. The lowest BCUT2D eigenvalue weighted by atomic mass is 9.98. The molecule has 0 radical (unpaired) electrons. The number of carbonyl (C=O) groups excluding carboxylic acids is 1. The number of esters is 1. The van der Waals surface area contributed by atoms with Gasteiger partial charge in [-0.1, -0.05) is 197 Å². The van der Waals surface area contributed by atoms with Crippen LogP contribution >= 0.6 is 0 Å². The average molecular weight is 1070 g/mol. The van der Waals surface area contributed by atoms with Gasteiger partial charge in [-0.2, -0.15) is 0 Å². The SMILES string of the molecule is CCCCC/C=C\C/C=C\C/C=C\CCCCCCCCC(=O)OC(COCCCCCCCCCCCC/C=C\CCCCCCCCCC)COC1OC(COC2OC(CO)C(O)C(O)C2O)C(O)C(O)C1O. The summed E-state index contributed by atoms with van der Waals surface area (Å²) >= 11 is 0. The minimum Gasteiger partial charge on any atom is -0.457 e. The molecule has 0 spiro atoms. The van der Waals surface area contributed by atoms with Gasteiger partial charge in [0.25, 0.3) is 0 Å². The van der Waals surface area contributed by atoms with Crippen molar-refractivity contribution in [2.75, 3.05) is 33.0 Å². The van der Waals surface area contributed by atoms with Crippen LogP contribution in [0.1, 0.15) is 232 Å². The topological polar surface area (TPSA) is 214 Å². The maximum Gasteiger partial charge on any atom is 0.306 e. The summed E-state index contributed by atoms with van der Waals surface area (Å²) in [5.74, 6) is -0.387. The number of carbonyl (C=O) groups is 1. The van der Waals surface area contributed by atoms with Crippen molar-refractivity contribution in [2.45, 2.75) is 300 Å². The molecule has 11 unspecified atom stereocenters. The first-order valence-electron chi connectivity index (χ1n) is 30.2. The van der Waals surface area contributed by atoms with Gasteiger partial charge in [-0.15, -0.1) is 0 Å². The molecule has 2 saturated heterocycles. The summed E-state index contributed by atoms with van der Waals surface area (Å²) < 4.78 is 34.4. The lowest BCUT2D eigenvalue weighted by Crippen LogP contribution is -2.61. The fourth-order valence-corrected chi connectivity index (χ4v) is 9.41. The molecule has 438 valence electrons. The largest absolute Gasteiger partial charge is 0.457 e. The third-order valence-electron chi connectivity index (χ3n) is 14.3. The monoisotopic (exact) mass is 1070 g/mol. The number of hydrogen-bond acceptors (Lipinski definition) is 14. The quantitative estimate of drug-likeness (QED) is 0.0172. The molecule has 2 rings (SSSR count). The number of aliphatic hydroxyl groups is 7. The first-order valence-corrected chi connectivity index (χ1v) is 30.2. The highest BCUT2D eigenvalue weighted by atomic mass is 16.7. The molecule has 0 aromatic heterocycles. The van der Waals surface area contributed by atoms with Crippen molar-refractivity contribution in [3.05, 3.63) is 48.6 Å². The van der Waals surface area contributed by atoms with E-state index in [0.29, 0.717) is 13.0 Å². The zero-order valence-corrected chi connectivity index (χ0v) is 47.0. The molecule has 7 N–H and O–H groups in total. The normalized spacial score (nSPS) is 24.9. The minimum atomic E-state index is -1.71. The number of hydrogen-bond donors (Lipinski definition) is 7. The molecular weight excluding hydrogens is 957 g/mol. The van der Waals surface area contributed by atoms with Gasteiger partial charge in [-0.3, -0.25) is 4.79 Å². The fourth-order valence-electron chi connectivity index (χ4n) is 9.41. The van der Waals surface area contributed by atoms with Gasteiger partial charge < -0.3 is 64.2 Å². The van der Waals surface area contributed by atoms with Gasteiger partial charge in [0.2, 0.25) is 0 Å². The van der Waals surface area contributed by atoms with Crippen LogP contribution < -0.4 is 0 Å². The Labute approximate surface area is 454 Å². The van der Waals surface area contributed by atoms with Crippen molar-refractivity contribution >= 4 is 5.97 Å². The fraction of sp³-hybridized carbons (Fsp3) is 0.852. The second-order valence-electron chi connectivity index (χ2n) is 21.2. The highest BCUT2D eigenvalue weighted by Crippen LogP contribution is 2.27. The van der Waals surface area contributed by atoms with Gasteiger partial charge in [0.1, 0.15) is 54.9 Å². The van der Waals surface area contributed by atoms with Crippen LogP contribution in [0.2, 0.25) is 0 Å². The van der Waals surface area contributed by atoms with E-state index >= 15 is 0 Å². The van der Waals surface area contributed by atoms with E-state index in [1.165, 1.54) is 135 Å². The predicted octanol–water partition coefficient (Wildman–Crippen LogP) is 11.1. The third kappa shape index (κ3) is 34.5. The molecule has 14 nitrogen and oxygen atoms in total. The highest BCUT2D eigenvalue weighted by molar-refractivity contribution is 5.69. The summed E-state index contributed by atoms with van der Waals surface area (Å²) in [4.78, 5) is 13.1. The zero-order chi connectivity index (χ0) is 54.4. The molecule has 14 heteroatoms. The van der Waals surface area contributed by atoms with Crippen LogP contribution in [0.5, 0.6) is 0 Å². The number of aliphatic hydroxyl groups excluding tert-OH is 7. The Balaban J connectivity index is 1.71. The molecule has 0 saturated carbocycles. The second kappa shape index (κ2) is 47.9. The number of allylic oxidation sites excluding steroid dienone is 8. The summed E-state index contributed by atoms with van der Waals surface area (Å²) in [7, 11) is 0. The molecule has 2 aliphatic heterocycles.